The summed E-state index contributed by atoms with van der Waals surface area (Å²) in [5, 5.41) is 35.4. The molecule has 0 amide bonds. The van der Waals surface area contributed by atoms with Crippen molar-refractivity contribution >= 4 is 98.4 Å². The average molecular weight is 1070 g/mol. The van der Waals surface area contributed by atoms with E-state index in [4.69, 9.17) is 0 Å². The molecule has 0 bridgehead atoms. The minimum Gasteiger partial charge on any atom is -0.177 e. The van der Waals surface area contributed by atoms with Crippen LogP contribution in [0.1, 0.15) is 50.7 Å². The fraction of sp³-hybridized carbons (Fsp3) is 0.105. The summed E-state index contributed by atoms with van der Waals surface area (Å²) in [5.74, 6) is 2.06. The smallest absolute Gasteiger partial charge is 0.177 e. The molecular formula is C57H39IrN5Se-2. The second kappa shape index (κ2) is 16.0. The number of fused-ring (bicyclic) bond motifs is 3. The standard InChI is InChI=1S/C34H17N4.C23H22NSe.Ir/c1-3-19-7-9-23-13-17-27(25-15-11-21(5-1)29(19)31(23)25)33-35-37-34(38-36-33)28-18-14-24-10-8-20-4-2-6-22-12-16-26(28)32(24)30(20)22;1-14(2)16-8-9-22-20(12-16)18-6-5-7-19(23(18)25-22)21-13-17(15(3)4)10-11-24-21;/h1-17H;5-6,8-15H,1-4H3;/q2*-1;. The van der Waals surface area contributed by atoms with E-state index < -0.39 is 0 Å². The number of pyridine rings is 1. The van der Waals surface area contributed by atoms with Gasteiger partial charge in [0.25, 0.3) is 0 Å². The Morgan fingerprint density at radius 2 is 1.05 bits per heavy atom. The van der Waals surface area contributed by atoms with Crippen LogP contribution in [0.2, 0.25) is 0 Å². The maximum absolute atomic E-state index is 4.66. The quantitative estimate of drug-likeness (QED) is 0.0976. The second-order valence-corrected chi connectivity index (χ2v) is 19.3. The van der Waals surface area contributed by atoms with Gasteiger partial charge in [-0.3, -0.25) is 0 Å². The summed E-state index contributed by atoms with van der Waals surface area (Å²) in [7, 11) is 0. The maximum atomic E-state index is 4.66. The molecule has 0 atom stereocenters. The molecule has 0 fully saturated rings. The summed E-state index contributed by atoms with van der Waals surface area (Å²) >= 11 is 0.322. The first-order valence-corrected chi connectivity index (χ1v) is 23.3. The van der Waals surface area contributed by atoms with Gasteiger partial charge in [0.2, 0.25) is 5.82 Å². The summed E-state index contributed by atoms with van der Waals surface area (Å²) in [6.07, 6.45) is 1.93. The van der Waals surface area contributed by atoms with Gasteiger partial charge in [0.15, 0.2) is 0 Å². The molecule has 0 aliphatic heterocycles. The third-order valence-electron chi connectivity index (χ3n) is 12.8. The van der Waals surface area contributed by atoms with Gasteiger partial charge in [0.1, 0.15) is 5.82 Å². The van der Waals surface area contributed by atoms with Crippen LogP contribution in [0.3, 0.4) is 0 Å². The molecule has 0 saturated carbocycles. The van der Waals surface area contributed by atoms with Crippen LogP contribution in [0.15, 0.2) is 152 Å². The largest absolute Gasteiger partial charge is 0.202 e. The molecule has 7 heteroatoms. The minimum atomic E-state index is 0. The zero-order valence-corrected chi connectivity index (χ0v) is 39.7. The third-order valence-corrected chi connectivity index (χ3v) is 15.3. The summed E-state index contributed by atoms with van der Waals surface area (Å²) in [5.41, 5.74) is 6.74. The van der Waals surface area contributed by atoms with E-state index in [9.17, 15) is 0 Å². The Hall–Kier alpha value is -6.46. The number of benzene rings is 10. The molecule has 0 saturated heterocycles. The SMILES string of the molecule is CC(C)c1ccnc(-c2[c-]ccc3c2[se]c2ccc(C(C)C)cc23)c1.[Ir].[c-]1cc2ccc3cccc4ccc(c1-c1nnc(-c5ccc6ccc7cccc8ccc5c6c78)nn1)c2c34. The van der Waals surface area contributed by atoms with Crippen LogP contribution in [0.4, 0.5) is 0 Å². The van der Waals surface area contributed by atoms with E-state index in [1.54, 1.807) is 0 Å². The molecule has 10 aromatic carbocycles. The number of hydrogen-bond acceptors (Lipinski definition) is 5. The molecule has 0 spiro atoms. The van der Waals surface area contributed by atoms with Gasteiger partial charge in [-0.2, -0.15) is 10.2 Å². The summed E-state index contributed by atoms with van der Waals surface area (Å²) < 4.78 is 2.91. The number of aromatic nitrogens is 5. The topological polar surface area (TPSA) is 64.5 Å². The molecule has 0 N–H and O–H groups in total. The fourth-order valence-electron chi connectivity index (χ4n) is 9.47. The molecule has 0 unspecified atom stereocenters. The van der Waals surface area contributed by atoms with Gasteiger partial charge >= 0.3 is 155 Å². The van der Waals surface area contributed by atoms with Gasteiger partial charge in [-0.05, 0) is 54.5 Å². The Morgan fingerprint density at radius 3 is 1.73 bits per heavy atom. The molecule has 3 aromatic heterocycles. The fourth-order valence-corrected chi connectivity index (χ4v) is 12.0. The molecule has 13 aromatic rings. The summed E-state index contributed by atoms with van der Waals surface area (Å²) in [4.78, 5) is 4.66. The molecule has 1 radical (unpaired) electrons. The Labute approximate surface area is 390 Å². The van der Waals surface area contributed by atoms with Crippen molar-refractivity contribution in [3.8, 4) is 34.0 Å². The minimum absolute atomic E-state index is 0. The van der Waals surface area contributed by atoms with Crippen LogP contribution in [0, 0.1) is 12.1 Å². The van der Waals surface area contributed by atoms with Crippen molar-refractivity contribution in [3.63, 3.8) is 0 Å². The molecule has 309 valence electrons. The van der Waals surface area contributed by atoms with Crippen LogP contribution in [-0.4, -0.2) is 39.9 Å². The van der Waals surface area contributed by atoms with Crippen molar-refractivity contribution in [2.45, 2.75) is 39.5 Å². The monoisotopic (exact) mass is 1070 g/mol. The molecule has 64 heavy (non-hydrogen) atoms. The van der Waals surface area contributed by atoms with E-state index in [1.807, 2.05) is 12.3 Å². The predicted octanol–water partition coefficient (Wildman–Crippen LogP) is 14.4. The van der Waals surface area contributed by atoms with Crippen molar-refractivity contribution in [3.05, 3.63) is 175 Å². The predicted molar refractivity (Wildman–Crippen MR) is 263 cm³/mol. The van der Waals surface area contributed by atoms with Crippen LogP contribution in [0.5, 0.6) is 0 Å². The van der Waals surface area contributed by atoms with Crippen molar-refractivity contribution in [1.29, 1.82) is 0 Å². The van der Waals surface area contributed by atoms with E-state index in [-0.39, 0.29) is 20.1 Å². The number of hydrogen-bond donors (Lipinski definition) is 0. The first-order chi connectivity index (χ1) is 30.9. The van der Waals surface area contributed by atoms with Gasteiger partial charge < -0.3 is 0 Å². The van der Waals surface area contributed by atoms with Crippen LogP contribution in [0.25, 0.3) is 118 Å². The van der Waals surface area contributed by atoms with Gasteiger partial charge in [-0.1, -0.05) is 113 Å². The molecule has 3 heterocycles. The van der Waals surface area contributed by atoms with E-state index in [1.165, 1.54) is 84.5 Å². The number of nitrogens with zero attached hydrogens (tertiary/aromatic N) is 5. The Kier molecular flexibility index (Phi) is 10.1. The van der Waals surface area contributed by atoms with Crippen LogP contribution >= 0.6 is 0 Å². The first kappa shape index (κ1) is 40.3. The van der Waals surface area contributed by atoms with Gasteiger partial charge in [-0.15, -0.1) is 22.3 Å². The second-order valence-electron chi connectivity index (χ2n) is 17.1. The van der Waals surface area contributed by atoms with E-state index in [0.717, 1.165) is 33.0 Å². The van der Waals surface area contributed by atoms with E-state index in [2.05, 4.69) is 205 Å². The Bertz CT molecular complexity index is 3680. The molecular weight excluding hydrogens is 1030 g/mol. The number of rotatable bonds is 5. The van der Waals surface area contributed by atoms with E-state index in [0.29, 0.717) is 38.0 Å². The van der Waals surface area contributed by atoms with Crippen LogP contribution in [-0.2, 0) is 20.1 Å². The first-order valence-electron chi connectivity index (χ1n) is 21.5. The van der Waals surface area contributed by atoms with E-state index >= 15 is 0 Å². The van der Waals surface area contributed by atoms with Gasteiger partial charge in [0, 0.05) is 25.7 Å². The van der Waals surface area contributed by atoms with Gasteiger partial charge in [0.05, 0.1) is 0 Å². The Morgan fingerprint density at radius 1 is 0.469 bits per heavy atom. The molecule has 13 rings (SSSR count). The molecule has 0 aliphatic carbocycles. The maximum Gasteiger partial charge on any atom is 0.202 e. The molecule has 5 nitrogen and oxygen atoms in total. The van der Waals surface area contributed by atoms with Crippen molar-refractivity contribution in [2.24, 2.45) is 0 Å². The third kappa shape index (κ3) is 6.57. The summed E-state index contributed by atoms with van der Waals surface area (Å²) in [6.45, 7) is 8.97. The normalized spacial score (nSPS) is 11.9. The van der Waals surface area contributed by atoms with Crippen molar-refractivity contribution in [2.75, 3.05) is 0 Å². The zero-order chi connectivity index (χ0) is 42.3. The van der Waals surface area contributed by atoms with Crippen molar-refractivity contribution in [1.82, 2.24) is 25.4 Å². The summed E-state index contributed by atoms with van der Waals surface area (Å²) in [6, 6.07) is 58.9. The van der Waals surface area contributed by atoms with Crippen molar-refractivity contribution < 1.29 is 20.1 Å². The average Bonchev–Trinajstić information content (AvgIpc) is 3.71. The van der Waals surface area contributed by atoms with Crippen LogP contribution < -0.4 is 0 Å². The molecule has 0 aliphatic rings. The van der Waals surface area contributed by atoms with Gasteiger partial charge in [-0.25, -0.2) is 0 Å². The zero-order valence-electron chi connectivity index (χ0n) is 35.6. The Balaban J connectivity index is 0.000000153.